The van der Waals surface area contributed by atoms with Crippen molar-refractivity contribution in [2.45, 2.75) is 25.0 Å². The molecule has 2 rings (SSSR count). The Morgan fingerprint density at radius 3 is 2.24 bits per heavy atom. The fraction of sp³-hybridized carbons (Fsp3) is 0.267. The number of anilines is 1. The van der Waals surface area contributed by atoms with Crippen molar-refractivity contribution in [1.82, 2.24) is 0 Å². The molecule has 0 radical (unpaired) electrons. The first-order chi connectivity index (χ1) is 9.84. The summed E-state index contributed by atoms with van der Waals surface area (Å²) in [5.74, 6) is -0.196. The highest BCUT2D eigenvalue weighted by Crippen LogP contribution is 2.31. The van der Waals surface area contributed by atoms with Gasteiger partial charge >= 0.3 is 0 Å². The van der Waals surface area contributed by atoms with E-state index in [-0.39, 0.29) is 16.5 Å². The lowest BCUT2D eigenvalue weighted by Crippen LogP contribution is -2.35. The van der Waals surface area contributed by atoms with E-state index >= 15 is 0 Å². The third-order valence-corrected chi connectivity index (χ3v) is 6.21. The van der Waals surface area contributed by atoms with E-state index in [9.17, 15) is 13.2 Å². The maximum Gasteiger partial charge on any atom is 0.274 e. The van der Waals surface area contributed by atoms with Gasteiger partial charge in [0.25, 0.3) is 10.0 Å². The van der Waals surface area contributed by atoms with Crippen LogP contribution in [0.5, 0.6) is 0 Å². The molecule has 0 spiro atoms. The lowest BCUT2D eigenvalue weighted by molar-refractivity contribution is -0.115. The first kappa shape index (κ1) is 15.7. The van der Waals surface area contributed by atoms with Crippen molar-refractivity contribution in [2.24, 2.45) is 0 Å². The number of hydrogen-bond acceptors (Lipinski definition) is 4. The van der Waals surface area contributed by atoms with Crippen LogP contribution in [0.3, 0.4) is 0 Å². The van der Waals surface area contributed by atoms with Gasteiger partial charge in [-0.2, -0.15) is 0 Å². The third-order valence-electron chi connectivity index (χ3n) is 3.09. The van der Waals surface area contributed by atoms with Crippen LogP contribution in [0, 0.1) is 13.8 Å². The number of rotatable bonds is 5. The van der Waals surface area contributed by atoms with E-state index in [0.717, 1.165) is 22.5 Å². The van der Waals surface area contributed by atoms with Gasteiger partial charge in [-0.3, -0.25) is 9.10 Å². The van der Waals surface area contributed by atoms with Crippen LogP contribution in [0.15, 0.2) is 39.9 Å². The molecule has 6 heteroatoms. The molecule has 0 aliphatic carbocycles. The summed E-state index contributed by atoms with van der Waals surface area (Å²) in [5, 5.41) is 1.71. The molecule has 0 atom stereocenters. The van der Waals surface area contributed by atoms with Gasteiger partial charge in [-0.1, -0.05) is 24.3 Å². The van der Waals surface area contributed by atoms with Gasteiger partial charge in [-0.05, 0) is 43.3 Å². The summed E-state index contributed by atoms with van der Waals surface area (Å²) in [6.07, 6.45) is 0. The van der Waals surface area contributed by atoms with Crippen LogP contribution in [0.1, 0.15) is 18.1 Å². The van der Waals surface area contributed by atoms with Crippen molar-refractivity contribution in [2.75, 3.05) is 10.8 Å². The van der Waals surface area contributed by atoms with Crippen LogP contribution >= 0.6 is 11.3 Å². The minimum Gasteiger partial charge on any atom is -0.298 e. The summed E-state index contributed by atoms with van der Waals surface area (Å²) >= 11 is 1.15. The predicted molar refractivity (Wildman–Crippen MR) is 85.4 cm³/mol. The fourth-order valence-corrected chi connectivity index (χ4v) is 4.92. The van der Waals surface area contributed by atoms with Crippen LogP contribution in [0.4, 0.5) is 5.69 Å². The molecule has 21 heavy (non-hydrogen) atoms. The summed E-state index contributed by atoms with van der Waals surface area (Å²) in [5.41, 5.74) is 2.24. The molecular formula is C15H17NO3S2. The normalized spacial score (nSPS) is 11.4. The Morgan fingerprint density at radius 2 is 1.76 bits per heavy atom. The Hall–Kier alpha value is -1.66. The lowest BCUT2D eigenvalue weighted by Gasteiger charge is -2.26. The zero-order valence-corrected chi connectivity index (χ0v) is 13.8. The summed E-state index contributed by atoms with van der Waals surface area (Å²) in [6.45, 7) is 4.93. The molecule has 0 fully saturated rings. The third kappa shape index (κ3) is 3.16. The van der Waals surface area contributed by atoms with Crippen molar-refractivity contribution >= 4 is 32.8 Å². The largest absolute Gasteiger partial charge is 0.298 e. The molecular weight excluding hydrogens is 306 g/mol. The minimum absolute atomic E-state index is 0.161. The fourth-order valence-electron chi connectivity index (χ4n) is 2.20. The molecule has 2 aromatic rings. The number of benzene rings is 1. The topological polar surface area (TPSA) is 54.5 Å². The van der Waals surface area contributed by atoms with E-state index in [2.05, 4.69) is 0 Å². The molecule has 0 saturated heterocycles. The molecule has 0 unspecified atom stereocenters. The van der Waals surface area contributed by atoms with Crippen molar-refractivity contribution in [1.29, 1.82) is 0 Å². The quantitative estimate of drug-likeness (QED) is 0.849. The smallest absolute Gasteiger partial charge is 0.274 e. The highest BCUT2D eigenvalue weighted by atomic mass is 32.2. The number of thiophene rings is 1. The Morgan fingerprint density at radius 1 is 1.14 bits per heavy atom. The Kier molecular flexibility index (Phi) is 4.49. The maximum absolute atomic E-state index is 12.8. The van der Waals surface area contributed by atoms with Gasteiger partial charge in [0.15, 0.2) is 0 Å². The van der Waals surface area contributed by atoms with Gasteiger partial charge in [0, 0.05) is 0 Å². The van der Waals surface area contributed by atoms with Crippen LogP contribution < -0.4 is 4.31 Å². The number of hydrogen-bond donors (Lipinski definition) is 0. The molecule has 0 saturated carbocycles. The second-order valence-electron chi connectivity index (χ2n) is 4.89. The SMILES string of the molecule is CC(=O)CN(c1c(C)cccc1C)S(=O)(=O)c1cccs1. The number of aryl methyl sites for hydroxylation is 2. The van der Waals surface area contributed by atoms with E-state index in [4.69, 9.17) is 0 Å². The van der Waals surface area contributed by atoms with E-state index in [1.54, 1.807) is 17.5 Å². The van der Waals surface area contributed by atoms with Gasteiger partial charge in [0.1, 0.15) is 9.99 Å². The van der Waals surface area contributed by atoms with Crippen molar-refractivity contribution in [3.63, 3.8) is 0 Å². The van der Waals surface area contributed by atoms with Crippen LogP contribution in [0.25, 0.3) is 0 Å². The second-order valence-corrected chi connectivity index (χ2v) is 7.92. The van der Waals surface area contributed by atoms with E-state index in [1.165, 1.54) is 11.2 Å². The average molecular weight is 323 g/mol. The molecule has 0 amide bonds. The Bertz CT molecular complexity index is 729. The number of sulfonamides is 1. The van der Waals surface area contributed by atoms with Gasteiger partial charge in [-0.25, -0.2) is 8.42 Å². The summed E-state index contributed by atoms with van der Waals surface area (Å²) in [6, 6.07) is 8.81. The molecule has 0 aliphatic rings. The molecule has 0 bridgehead atoms. The van der Waals surface area contributed by atoms with Crippen molar-refractivity contribution < 1.29 is 13.2 Å². The van der Waals surface area contributed by atoms with Crippen LogP contribution in [-0.4, -0.2) is 20.7 Å². The Labute approximate surface area is 129 Å². The van der Waals surface area contributed by atoms with Crippen LogP contribution in [-0.2, 0) is 14.8 Å². The van der Waals surface area contributed by atoms with Gasteiger partial charge in [0.2, 0.25) is 0 Å². The van der Waals surface area contributed by atoms with E-state index in [1.807, 2.05) is 32.0 Å². The Balaban J connectivity index is 2.62. The molecule has 0 aliphatic heterocycles. The van der Waals surface area contributed by atoms with E-state index < -0.39 is 10.0 Å². The summed E-state index contributed by atoms with van der Waals surface area (Å²) < 4.78 is 27.1. The van der Waals surface area contributed by atoms with E-state index in [0.29, 0.717) is 5.69 Å². The van der Waals surface area contributed by atoms with Gasteiger partial charge in [-0.15, -0.1) is 11.3 Å². The molecule has 4 nitrogen and oxygen atoms in total. The first-order valence-corrected chi connectivity index (χ1v) is 8.78. The number of Topliss-reactive ketones (excluding diaryl/α,β-unsaturated/α-hetero) is 1. The van der Waals surface area contributed by atoms with Crippen molar-refractivity contribution in [3.8, 4) is 0 Å². The summed E-state index contributed by atoms with van der Waals surface area (Å²) in [4.78, 5) is 11.6. The predicted octanol–water partition coefficient (Wildman–Crippen LogP) is 3.15. The maximum atomic E-state index is 12.8. The first-order valence-electron chi connectivity index (χ1n) is 6.46. The zero-order valence-electron chi connectivity index (χ0n) is 12.2. The number of carbonyl (C=O) groups excluding carboxylic acids is 1. The van der Waals surface area contributed by atoms with Gasteiger partial charge in [0.05, 0.1) is 12.2 Å². The molecule has 1 aromatic heterocycles. The molecule has 112 valence electrons. The standard InChI is InChI=1S/C15H17NO3S2/c1-11-6-4-7-12(2)15(11)16(10-13(3)17)21(18,19)14-8-5-9-20-14/h4-9H,10H2,1-3H3. The zero-order chi connectivity index (χ0) is 15.6. The molecule has 1 aromatic carbocycles. The monoisotopic (exact) mass is 323 g/mol. The molecule has 0 N–H and O–H groups in total. The second kappa shape index (κ2) is 5.99. The van der Waals surface area contributed by atoms with Crippen molar-refractivity contribution in [3.05, 3.63) is 46.8 Å². The molecule has 1 heterocycles. The lowest BCUT2D eigenvalue weighted by atomic mass is 10.1. The van der Waals surface area contributed by atoms with Gasteiger partial charge < -0.3 is 0 Å². The summed E-state index contributed by atoms with van der Waals surface area (Å²) in [7, 11) is -3.72. The number of para-hydroxylation sites is 1. The number of ketones is 1. The number of nitrogens with zero attached hydrogens (tertiary/aromatic N) is 1. The highest BCUT2D eigenvalue weighted by Gasteiger charge is 2.28. The highest BCUT2D eigenvalue weighted by molar-refractivity contribution is 7.94. The number of carbonyl (C=O) groups is 1. The minimum atomic E-state index is -3.72. The van der Waals surface area contributed by atoms with Crippen LogP contribution in [0.2, 0.25) is 0 Å². The average Bonchev–Trinajstić information content (AvgIpc) is 2.91.